The van der Waals surface area contributed by atoms with Gasteiger partial charge in [-0.05, 0) is 12.3 Å². The zero-order chi connectivity index (χ0) is 6.91. The Labute approximate surface area is 54.3 Å². The molecule has 0 bridgehead atoms. The maximum Gasteiger partial charge on any atom is 0.248 e. The first kappa shape index (κ1) is 6.97. The van der Waals surface area contributed by atoms with E-state index >= 15 is 0 Å². The van der Waals surface area contributed by atoms with Crippen molar-refractivity contribution in [2.75, 3.05) is 0 Å². The minimum absolute atomic E-state index is 0.104. The number of hydrogen-bond acceptors (Lipinski definition) is 0. The number of rotatable bonds is 0. The molecule has 9 heavy (non-hydrogen) atoms. The average molecular weight is 134 g/mol. The molecule has 1 fully saturated rings. The van der Waals surface area contributed by atoms with E-state index in [1.807, 2.05) is 6.92 Å². The van der Waals surface area contributed by atoms with Crippen molar-refractivity contribution in [2.24, 2.45) is 5.92 Å². The first-order valence-corrected chi connectivity index (χ1v) is 3.48. The summed E-state index contributed by atoms with van der Waals surface area (Å²) in [7, 11) is 0. The second-order valence-corrected chi connectivity index (χ2v) is 3.06. The van der Waals surface area contributed by atoms with Gasteiger partial charge < -0.3 is 0 Å². The fourth-order valence-electron chi connectivity index (χ4n) is 1.42. The summed E-state index contributed by atoms with van der Waals surface area (Å²) in [4.78, 5) is 0. The SMILES string of the molecule is C[C@H]1CCCC(F)(F)C1. The highest BCUT2D eigenvalue weighted by molar-refractivity contribution is 4.75. The molecule has 1 atom stereocenters. The van der Waals surface area contributed by atoms with Gasteiger partial charge in [-0.3, -0.25) is 0 Å². The predicted octanol–water partition coefficient (Wildman–Crippen LogP) is 2.83. The van der Waals surface area contributed by atoms with E-state index < -0.39 is 5.92 Å². The van der Waals surface area contributed by atoms with E-state index in [0.717, 1.165) is 6.42 Å². The van der Waals surface area contributed by atoms with Crippen molar-refractivity contribution in [1.29, 1.82) is 0 Å². The maximum absolute atomic E-state index is 12.5. The van der Waals surface area contributed by atoms with Crippen molar-refractivity contribution in [1.82, 2.24) is 0 Å². The summed E-state index contributed by atoms with van der Waals surface area (Å²) in [6.45, 7) is 1.90. The van der Waals surface area contributed by atoms with Gasteiger partial charge in [0.25, 0.3) is 0 Å². The summed E-state index contributed by atoms with van der Waals surface area (Å²) >= 11 is 0. The summed E-state index contributed by atoms with van der Waals surface area (Å²) in [6, 6.07) is 0. The Balaban J connectivity index is 2.41. The fourth-order valence-corrected chi connectivity index (χ4v) is 1.42. The van der Waals surface area contributed by atoms with E-state index in [4.69, 9.17) is 0 Å². The lowest BCUT2D eigenvalue weighted by atomic mass is 9.88. The molecule has 2 heteroatoms. The smallest absolute Gasteiger partial charge is 0.207 e. The van der Waals surface area contributed by atoms with Crippen LogP contribution in [0, 0.1) is 5.92 Å². The average Bonchev–Trinajstić information content (AvgIpc) is 1.60. The van der Waals surface area contributed by atoms with Crippen LogP contribution < -0.4 is 0 Å². The molecule has 1 aliphatic carbocycles. The molecule has 1 rings (SSSR count). The van der Waals surface area contributed by atoms with E-state index in [1.54, 1.807) is 0 Å². The highest BCUT2D eigenvalue weighted by Crippen LogP contribution is 2.35. The molecule has 0 radical (unpaired) electrons. The summed E-state index contributed by atoms with van der Waals surface area (Å²) < 4.78 is 24.9. The van der Waals surface area contributed by atoms with Crippen LogP contribution in [-0.2, 0) is 0 Å². The van der Waals surface area contributed by atoms with Crippen LogP contribution in [0.15, 0.2) is 0 Å². The van der Waals surface area contributed by atoms with Crippen molar-refractivity contribution in [3.05, 3.63) is 0 Å². The third kappa shape index (κ3) is 1.92. The molecule has 0 spiro atoms. The Morgan fingerprint density at radius 2 is 2.11 bits per heavy atom. The molecule has 0 amide bonds. The second kappa shape index (κ2) is 2.24. The van der Waals surface area contributed by atoms with Crippen LogP contribution in [0.1, 0.15) is 32.6 Å². The highest BCUT2D eigenvalue weighted by atomic mass is 19.3. The van der Waals surface area contributed by atoms with Crippen LogP contribution in [0.25, 0.3) is 0 Å². The molecule has 54 valence electrons. The first-order chi connectivity index (χ1) is 4.10. The van der Waals surface area contributed by atoms with Crippen molar-refractivity contribution in [2.45, 2.75) is 38.5 Å². The molecular formula is C7H12F2. The summed E-state index contributed by atoms with van der Waals surface area (Å²) in [5, 5.41) is 0. The maximum atomic E-state index is 12.5. The van der Waals surface area contributed by atoms with Gasteiger partial charge >= 0.3 is 0 Å². The lowest BCUT2D eigenvalue weighted by Crippen LogP contribution is -2.24. The van der Waals surface area contributed by atoms with Crippen molar-refractivity contribution in [3.8, 4) is 0 Å². The molecule has 0 aromatic carbocycles. The molecule has 0 nitrogen and oxygen atoms in total. The highest BCUT2D eigenvalue weighted by Gasteiger charge is 2.33. The Bertz CT molecular complexity index is 99.1. The Hall–Kier alpha value is -0.140. The van der Waals surface area contributed by atoms with Crippen molar-refractivity contribution >= 4 is 0 Å². The van der Waals surface area contributed by atoms with Crippen molar-refractivity contribution < 1.29 is 8.78 Å². The molecule has 0 N–H and O–H groups in total. The lowest BCUT2D eigenvalue weighted by molar-refractivity contribution is -0.0494. The van der Waals surface area contributed by atoms with Gasteiger partial charge in [0, 0.05) is 12.8 Å². The molecule has 0 aromatic rings. The molecule has 0 saturated heterocycles. The van der Waals surface area contributed by atoms with Crippen LogP contribution in [0.2, 0.25) is 0 Å². The van der Waals surface area contributed by atoms with Gasteiger partial charge in [-0.1, -0.05) is 13.3 Å². The monoisotopic (exact) mass is 134 g/mol. The zero-order valence-electron chi connectivity index (χ0n) is 5.66. The second-order valence-electron chi connectivity index (χ2n) is 3.06. The summed E-state index contributed by atoms with van der Waals surface area (Å²) in [6.07, 6.45) is 1.90. The van der Waals surface area contributed by atoms with E-state index in [1.165, 1.54) is 0 Å². The Morgan fingerprint density at radius 1 is 1.44 bits per heavy atom. The lowest BCUT2D eigenvalue weighted by Gasteiger charge is -2.25. The van der Waals surface area contributed by atoms with Gasteiger partial charge in [0.2, 0.25) is 5.92 Å². The van der Waals surface area contributed by atoms with Crippen LogP contribution in [0.4, 0.5) is 8.78 Å². The molecule has 0 aliphatic heterocycles. The quantitative estimate of drug-likeness (QED) is 0.478. The topological polar surface area (TPSA) is 0 Å². The largest absolute Gasteiger partial charge is 0.248 e. The van der Waals surface area contributed by atoms with Gasteiger partial charge in [0.15, 0.2) is 0 Å². The Kier molecular flexibility index (Phi) is 1.73. The van der Waals surface area contributed by atoms with Gasteiger partial charge in [0.1, 0.15) is 0 Å². The van der Waals surface area contributed by atoms with Gasteiger partial charge in [0.05, 0.1) is 0 Å². The van der Waals surface area contributed by atoms with Crippen LogP contribution >= 0.6 is 0 Å². The van der Waals surface area contributed by atoms with E-state index in [0.29, 0.717) is 6.42 Å². The molecule has 0 aromatic heterocycles. The number of hydrogen-bond donors (Lipinski definition) is 0. The number of halogens is 2. The van der Waals surface area contributed by atoms with Crippen molar-refractivity contribution in [3.63, 3.8) is 0 Å². The van der Waals surface area contributed by atoms with Gasteiger partial charge in [-0.25, -0.2) is 8.78 Å². The van der Waals surface area contributed by atoms with E-state index in [9.17, 15) is 8.78 Å². The molecule has 0 unspecified atom stereocenters. The summed E-state index contributed by atoms with van der Waals surface area (Å²) in [5.74, 6) is -2.12. The standard InChI is InChI=1S/C7H12F2/c1-6-3-2-4-7(8,9)5-6/h6H,2-5H2,1H3/t6-/m0/s1. The van der Waals surface area contributed by atoms with E-state index in [-0.39, 0.29) is 18.8 Å². The Morgan fingerprint density at radius 3 is 2.44 bits per heavy atom. The predicted molar refractivity (Wildman–Crippen MR) is 32.6 cm³/mol. The number of alkyl halides is 2. The van der Waals surface area contributed by atoms with Crippen LogP contribution in [0.5, 0.6) is 0 Å². The van der Waals surface area contributed by atoms with Gasteiger partial charge in [-0.2, -0.15) is 0 Å². The zero-order valence-corrected chi connectivity index (χ0v) is 5.66. The first-order valence-electron chi connectivity index (χ1n) is 3.48. The molecule has 0 heterocycles. The summed E-state index contributed by atoms with van der Waals surface area (Å²) in [5.41, 5.74) is 0. The fraction of sp³-hybridized carbons (Fsp3) is 1.00. The third-order valence-corrected chi connectivity index (χ3v) is 1.89. The van der Waals surface area contributed by atoms with Crippen LogP contribution in [0.3, 0.4) is 0 Å². The minimum Gasteiger partial charge on any atom is -0.207 e. The minimum atomic E-state index is -2.35. The normalized spacial score (nSPS) is 34.3. The van der Waals surface area contributed by atoms with E-state index in [2.05, 4.69) is 0 Å². The van der Waals surface area contributed by atoms with Gasteiger partial charge in [-0.15, -0.1) is 0 Å². The molecule has 1 aliphatic rings. The molecule has 1 saturated carbocycles. The third-order valence-electron chi connectivity index (χ3n) is 1.89. The molecular weight excluding hydrogens is 122 g/mol. The van der Waals surface area contributed by atoms with Crippen LogP contribution in [-0.4, -0.2) is 5.92 Å².